The van der Waals surface area contributed by atoms with E-state index < -0.39 is 18.0 Å². The Kier molecular flexibility index (Phi) is 3.55. The van der Waals surface area contributed by atoms with Crippen LogP contribution in [0.3, 0.4) is 0 Å². The van der Waals surface area contributed by atoms with Gasteiger partial charge in [-0.15, -0.1) is 0 Å². The van der Waals surface area contributed by atoms with Gasteiger partial charge in [-0.25, -0.2) is 9.59 Å². The molecule has 0 spiro atoms. The lowest BCUT2D eigenvalue weighted by atomic mass is 9.98. The molecule has 1 unspecified atom stereocenters. The predicted molar refractivity (Wildman–Crippen MR) is 70.7 cm³/mol. The Bertz CT molecular complexity index is 532. The average molecular weight is 260 g/mol. The maximum Gasteiger partial charge on any atom is 0.352 e. The van der Waals surface area contributed by atoms with Crippen molar-refractivity contribution < 1.29 is 14.7 Å². The van der Waals surface area contributed by atoms with Gasteiger partial charge in [0.25, 0.3) is 0 Å². The van der Waals surface area contributed by atoms with Crippen LogP contribution in [0.4, 0.5) is 4.79 Å². The molecule has 3 N–H and O–H groups in total. The van der Waals surface area contributed by atoms with Crippen LogP contribution >= 0.6 is 0 Å². The lowest BCUT2D eigenvalue weighted by Gasteiger charge is -2.22. The Hall–Kier alpha value is -2.30. The molecule has 1 aromatic rings. The van der Waals surface area contributed by atoms with Gasteiger partial charge in [0.1, 0.15) is 5.70 Å². The second kappa shape index (κ2) is 5.14. The smallest absolute Gasteiger partial charge is 0.352 e. The minimum atomic E-state index is -1.14. The largest absolute Gasteiger partial charge is 0.477 e. The van der Waals surface area contributed by atoms with E-state index in [9.17, 15) is 9.59 Å². The molecule has 0 bridgehead atoms. The summed E-state index contributed by atoms with van der Waals surface area (Å²) in [7, 11) is 0. The van der Waals surface area contributed by atoms with E-state index in [1.807, 2.05) is 24.3 Å². The highest BCUT2D eigenvalue weighted by molar-refractivity contribution is 5.93. The number of aliphatic carboxylic acids is 1. The number of urea groups is 1. The number of hydrogen-bond acceptors (Lipinski definition) is 2. The molecule has 1 aliphatic heterocycles. The molecular formula is C14H16N2O3. The Balaban J connectivity index is 2.27. The van der Waals surface area contributed by atoms with Crippen LogP contribution in [0.5, 0.6) is 0 Å². The fraction of sp³-hybridized carbons (Fsp3) is 0.286. The van der Waals surface area contributed by atoms with E-state index in [4.69, 9.17) is 5.11 Å². The zero-order valence-corrected chi connectivity index (χ0v) is 10.8. The van der Waals surface area contributed by atoms with Gasteiger partial charge in [-0.1, -0.05) is 38.1 Å². The summed E-state index contributed by atoms with van der Waals surface area (Å²) in [5.74, 6) is -0.708. The fourth-order valence-electron chi connectivity index (χ4n) is 1.94. The van der Waals surface area contributed by atoms with Crippen LogP contribution in [0.2, 0.25) is 0 Å². The number of hydrogen-bond donors (Lipinski definition) is 3. The molecule has 100 valence electrons. The van der Waals surface area contributed by atoms with Crippen LogP contribution in [0.25, 0.3) is 0 Å². The van der Waals surface area contributed by atoms with Gasteiger partial charge in [0.2, 0.25) is 0 Å². The third-order valence-corrected chi connectivity index (χ3v) is 3.06. The third-order valence-electron chi connectivity index (χ3n) is 3.06. The summed E-state index contributed by atoms with van der Waals surface area (Å²) in [6.07, 6.45) is 1.49. The maximum absolute atomic E-state index is 11.4. The molecule has 0 aromatic heterocycles. The average Bonchev–Trinajstić information content (AvgIpc) is 2.38. The molecule has 0 fully saturated rings. The number of amides is 2. The van der Waals surface area contributed by atoms with Crippen LogP contribution in [0.1, 0.15) is 36.9 Å². The number of carboxylic acids is 1. The predicted octanol–water partition coefficient (Wildman–Crippen LogP) is 2.13. The molecule has 1 aromatic carbocycles. The highest BCUT2D eigenvalue weighted by atomic mass is 16.4. The quantitative estimate of drug-likeness (QED) is 0.779. The van der Waals surface area contributed by atoms with Crippen molar-refractivity contribution in [3.8, 4) is 0 Å². The zero-order chi connectivity index (χ0) is 14.0. The van der Waals surface area contributed by atoms with E-state index in [0.29, 0.717) is 5.92 Å². The lowest BCUT2D eigenvalue weighted by molar-refractivity contribution is -0.133. The molecule has 2 amide bonds. The minimum absolute atomic E-state index is 0.0957. The molecule has 2 rings (SSSR count). The highest BCUT2D eigenvalue weighted by Crippen LogP contribution is 2.21. The second-order valence-electron chi connectivity index (χ2n) is 4.78. The molecule has 19 heavy (non-hydrogen) atoms. The summed E-state index contributed by atoms with van der Waals surface area (Å²) in [5, 5.41) is 13.9. The minimum Gasteiger partial charge on any atom is -0.477 e. The van der Waals surface area contributed by atoms with Crippen molar-refractivity contribution in [1.82, 2.24) is 10.6 Å². The Morgan fingerprint density at radius 2 is 1.89 bits per heavy atom. The van der Waals surface area contributed by atoms with E-state index in [1.54, 1.807) is 0 Å². The first kappa shape index (κ1) is 13.1. The summed E-state index contributed by atoms with van der Waals surface area (Å²) >= 11 is 0. The summed E-state index contributed by atoms with van der Waals surface area (Å²) in [5.41, 5.74) is 1.96. The molecule has 0 saturated heterocycles. The second-order valence-corrected chi connectivity index (χ2v) is 4.78. The summed E-state index contributed by atoms with van der Waals surface area (Å²) in [4.78, 5) is 22.3. The van der Waals surface area contributed by atoms with Crippen molar-refractivity contribution in [2.45, 2.75) is 25.8 Å². The van der Waals surface area contributed by atoms with Gasteiger partial charge in [0.05, 0.1) is 6.04 Å². The van der Waals surface area contributed by atoms with Gasteiger partial charge in [0, 0.05) is 0 Å². The summed E-state index contributed by atoms with van der Waals surface area (Å²) in [6, 6.07) is 6.87. The van der Waals surface area contributed by atoms with Gasteiger partial charge < -0.3 is 15.7 Å². The summed E-state index contributed by atoms with van der Waals surface area (Å²) in [6.45, 7) is 4.20. The standard InChI is InChI=1S/C14H16N2O3/c1-8(2)9-3-5-10(6-4-9)11-7-12(13(17)18)16-14(19)15-11/h3-8,11H,1-2H3,(H,17,18)(H2,15,16,19). The molecule has 0 saturated carbocycles. The lowest BCUT2D eigenvalue weighted by Crippen LogP contribution is -2.43. The molecule has 5 nitrogen and oxygen atoms in total. The van der Waals surface area contributed by atoms with Crippen molar-refractivity contribution >= 4 is 12.0 Å². The number of carbonyl (C=O) groups excluding carboxylic acids is 1. The zero-order valence-electron chi connectivity index (χ0n) is 10.8. The van der Waals surface area contributed by atoms with Crippen molar-refractivity contribution in [1.29, 1.82) is 0 Å². The Morgan fingerprint density at radius 3 is 2.42 bits per heavy atom. The SMILES string of the molecule is CC(C)c1ccc(C2C=C(C(=O)O)NC(=O)N2)cc1. The molecular weight excluding hydrogens is 244 g/mol. The topological polar surface area (TPSA) is 78.4 Å². The van der Waals surface area contributed by atoms with Gasteiger partial charge in [-0.2, -0.15) is 0 Å². The van der Waals surface area contributed by atoms with E-state index >= 15 is 0 Å². The molecule has 0 aliphatic carbocycles. The first-order valence-electron chi connectivity index (χ1n) is 6.10. The van der Waals surface area contributed by atoms with E-state index in [2.05, 4.69) is 24.5 Å². The van der Waals surface area contributed by atoms with Crippen LogP contribution in [0, 0.1) is 0 Å². The maximum atomic E-state index is 11.4. The van der Waals surface area contributed by atoms with Crippen LogP contribution in [-0.4, -0.2) is 17.1 Å². The monoisotopic (exact) mass is 260 g/mol. The van der Waals surface area contributed by atoms with E-state index in [-0.39, 0.29) is 5.70 Å². The van der Waals surface area contributed by atoms with Gasteiger partial charge in [-0.05, 0) is 23.1 Å². The number of carboxylic acid groups (broad SMARTS) is 1. The van der Waals surface area contributed by atoms with Crippen LogP contribution in [0.15, 0.2) is 36.0 Å². The highest BCUT2D eigenvalue weighted by Gasteiger charge is 2.23. The van der Waals surface area contributed by atoms with Crippen molar-refractivity contribution in [3.63, 3.8) is 0 Å². The van der Waals surface area contributed by atoms with Crippen LogP contribution in [-0.2, 0) is 4.79 Å². The van der Waals surface area contributed by atoms with Crippen molar-refractivity contribution in [2.24, 2.45) is 0 Å². The van der Waals surface area contributed by atoms with Crippen LogP contribution < -0.4 is 10.6 Å². The van der Waals surface area contributed by atoms with E-state index in [1.165, 1.54) is 11.6 Å². The Labute approximate surface area is 111 Å². The van der Waals surface area contributed by atoms with Crippen molar-refractivity contribution in [3.05, 3.63) is 47.2 Å². The molecule has 5 heteroatoms. The third kappa shape index (κ3) is 2.93. The number of carbonyl (C=O) groups is 2. The van der Waals surface area contributed by atoms with E-state index in [0.717, 1.165) is 5.56 Å². The number of benzene rings is 1. The number of nitrogens with one attached hydrogen (secondary N) is 2. The molecule has 1 atom stereocenters. The normalized spacial score (nSPS) is 18.6. The molecule has 0 radical (unpaired) electrons. The van der Waals surface area contributed by atoms with Gasteiger partial charge >= 0.3 is 12.0 Å². The first-order valence-corrected chi connectivity index (χ1v) is 6.10. The van der Waals surface area contributed by atoms with Gasteiger partial charge in [-0.3, -0.25) is 0 Å². The molecule has 1 aliphatic rings. The molecule has 1 heterocycles. The Morgan fingerprint density at radius 1 is 1.26 bits per heavy atom. The van der Waals surface area contributed by atoms with Crippen molar-refractivity contribution in [2.75, 3.05) is 0 Å². The first-order chi connectivity index (χ1) is 8.97. The number of rotatable bonds is 3. The summed E-state index contributed by atoms with van der Waals surface area (Å²) < 4.78 is 0. The van der Waals surface area contributed by atoms with Gasteiger partial charge in [0.15, 0.2) is 0 Å². The fourth-order valence-corrected chi connectivity index (χ4v) is 1.94.